The van der Waals surface area contributed by atoms with Gasteiger partial charge in [-0.05, 0) is 24.6 Å². The van der Waals surface area contributed by atoms with E-state index >= 15 is 0 Å². The molecular weight excluding hydrogens is 306 g/mol. The van der Waals surface area contributed by atoms with E-state index in [-0.39, 0.29) is 11.6 Å². The zero-order valence-electron chi connectivity index (χ0n) is 12.5. The Bertz CT molecular complexity index is 997. The highest BCUT2D eigenvalue weighted by Gasteiger charge is 2.29. The van der Waals surface area contributed by atoms with E-state index < -0.39 is 0 Å². The molecule has 0 amide bonds. The second kappa shape index (κ2) is 5.25. The number of allylic oxidation sites excluding steroid dienone is 2. The molecular formula is C19H13NO2S. The molecule has 0 saturated heterocycles. The minimum atomic E-state index is -0.0510. The normalized spacial score (nSPS) is 14.5. The smallest absolute Gasteiger partial charge is 0.190 e. The number of thiazole rings is 1. The number of benzene rings is 2. The van der Waals surface area contributed by atoms with Crippen LogP contribution in [0.15, 0.2) is 59.1 Å². The fraction of sp³-hybridized carbons (Fsp3) is 0.105. The third-order valence-corrected chi connectivity index (χ3v) is 5.07. The Kier molecular flexibility index (Phi) is 3.20. The number of hydrogen-bond donors (Lipinski definition) is 0. The van der Waals surface area contributed by atoms with Crippen molar-refractivity contribution in [3.05, 3.63) is 75.8 Å². The first kappa shape index (κ1) is 14.0. The zero-order chi connectivity index (χ0) is 16.0. The second-order valence-corrected chi connectivity index (χ2v) is 6.52. The Hall–Kier alpha value is -2.59. The number of carbonyl (C=O) groups excluding carboxylic acids is 2. The van der Waals surface area contributed by atoms with Crippen LogP contribution in [0.4, 0.5) is 0 Å². The van der Waals surface area contributed by atoms with E-state index in [1.807, 2.05) is 23.7 Å². The molecule has 23 heavy (non-hydrogen) atoms. The van der Waals surface area contributed by atoms with E-state index in [1.165, 1.54) is 0 Å². The molecule has 3 nitrogen and oxygen atoms in total. The molecule has 0 saturated carbocycles. The largest absolute Gasteiger partial charge is 0.289 e. The standard InChI is InChI=1S/C19H13NO2S/c1-11-15(8-12-6-7-17-16(9-12)20-10-23-17)19(22)14-5-3-2-4-13(14)18(11)21/h2-7,9-10H,8H2,1H3. The lowest BCUT2D eigenvalue weighted by Gasteiger charge is -2.19. The third-order valence-electron chi connectivity index (χ3n) is 4.26. The number of nitrogens with zero attached hydrogens (tertiary/aromatic N) is 1. The molecule has 2 aromatic carbocycles. The minimum absolute atomic E-state index is 0.0453. The fourth-order valence-electron chi connectivity index (χ4n) is 2.98. The summed E-state index contributed by atoms with van der Waals surface area (Å²) < 4.78 is 1.12. The maximum absolute atomic E-state index is 12.8. The monoisotopic (exact) mass is 319 g/mol. The number of carbonyl (C=O) groups is 2. The Morgan fingerprint density at radius 3 is 2.52 bits per heavy atom. The first-order valence-corrected chi connectivity index (χ1v) is 8.23. The van der Waals surface area contributed by atoms with Crippen LogP contribution in [0.2, 0.25) is 0 Å². The molecule has 0 unspecified atom stereocenters. The summed E-state index contributed by atoms with van der Waals surface area (Å²) in [5.41, 5.74) is 5.89. The van der Waals surface area contributed by atoms with Gasteiger partial charge in [-0.15, -0.1) is 11.3 Å². The van der Waals surface area contributed by atoms with Crippen LogP contribution in [0.3, 0.4) is 0 Å². The van der Waals surface area contributed by atoms with Gasteiger partial charge < -0.3 is 0 Å². The fourth-order valence-corrected chi connectivity index (χ4v) is 3.64. The van der Waals surface area contributed by atoms with Crippen LogP contribution < -0.4 is 0 Å². The Balaban J connectivity index is 1.77. The Morgan fingerprint density at radius 1 is 1.00 bits per heavy atom. The predicted molar refractivity (Wildman–Crippen MR) is 91.1 cm³/mol. The lowest BCUT2D eigenvalue weighted by atomic mass is 9.82. The van der Waals surface area contributed by atoms with Gasteiger partial charge in [-0.3, -0.25) is 9.59 Å². The number of ketones is 2. The molecule has 0 aliphatic heterocycles. The molecule has 112 valence electrons. The molecule has 0 fully saturated rings. The van der Waals surface area contributed by atoms with Gasteiger partial charge in [-0.1, -0.05) is 30.3 Å². The van der Waals surface area contributed by atoms with Crippen LogP contribution in [0.1, 0.15) is 33.2 Å². The van der Waals surface area contributed by atoms with Gasteiger partial charge in [-0.2, -0.15) is 0 Å². The van der Waals surface area contributed by atoms with Gasteiger partial charge in [-0.25, -0.2) is 4.98 Å². The van der Waals surface area contributed by atoms with Crippen molar-refractivity contribution in [2.75, 3.05) is 0 Å². The van der Waals surface area contributed by atoms with Gasteiger partial charge >= 0.3 is 0 Å². The van der Waals surface area contributed by atoms with Crippen molar-refractivity contribution in [2.24, 2.45) is 0 Å². The maximum atomic E-state index is 12.8. The highest BCUT2D eigenvalue weighted by molar-refractivity contribution is 7.16. The quantitative estimate of drug-likeness (QED) is 0.710. The Labute approximate surface area is 137 Å². The first-order chi connectivity index (χ1) is 11.1. The van der Waals surface area contributed by atoms with E-state index in [1.54, 1.807) is 42.5 Å². The van der Waals surface area contributed by atoms with Crippen molar-refractivity contribution >= 4 is 33.1 Å². The van der Waals surface area contributed by atoms with E-state index in [0.29, 0.717) is 28.7 Å². The van der Waals surface area contributed by atoms with Gasteiger partial charge in [0, 0.05) is 28.7 Å². The summed E-state index contributed by atoms with van der Waals surface area (Å²) in [6.07, 6.45) is 0.457. The van der Waals surface area contributed by atoms with Crippen LogP contribution in [0.25, 0.3) is 10.2 Å². The number of rotatable bonds is 2. The summed E-state index contributed by atoms with van der Waals surface area (Å²) in [6.45, 7) is 1.74. The zero-order valence-corrected chi connectivity index (χ0v) is 13.3. The molecule has 1 aromatic heterocycles. The predicted octanol–water partition coefficient (Wildman–Crippen LogP) is 4.23. The van der Waals surface area contributed by atoms with Gasteiger partial charge in [0.25, 0.3) is 0 Å². The van der Waals surface area contributed by atoms with E-state index in [4.69, 9.17) is 0 Å². The van der Waals surface area contributed by atoms with Crippen molar-refractivity contribution in [1.82, 2.24) is 4.98 Å². The number of aromatic nitrogens is 1. The molecule has 1 aliphatic rings. The van der Waals surface area contributed by atoms with Crippen LogP contribution in [0.5, 0.6) is 0 Å². The molecule has 3 aromatic rings. The van der Waals surface area contributed by atoms with Crippen LogP contribution in [-0.2, 0) is 6.42 Å². The van der Waals surface area contributed by atoms with Crippen LogP contribution >= 0.6 is 11.3 Å². The van der Waals surface area contributed by atoms with E-state index in [2.05, 4.69) is 4.98 Å². The lowest BCUT2D eigenvalue weighted by Crippen LogP contribution is -2.22. The second-order valence-electron chi connectivity index (χ2n) is 5.64. The summed E-state index contributed by atoms with van der Waals surface area (Å²) in [7, 11) is 0. The van der Waals surface area contributed by atoms with Crippen LogP contribution in [0, 0.1) is 0 Å². The van der Waals surface area contributed by atoms with Gasteiger partial charge in [0.15, 0.2) is 11.6 Å². The van der Waals surface area contributed by atoms with Gasteiger partial charge in [0.1, 0.15) is 0 Å². The highest BCUT2D eigenvalue weighted by atomic mass is 32.1. The summed E-state index contributed by atoms with van der Waals surface area (Å²) in [5, 5.41) is 0. The van der Waals surface area contributed by atoms with Crippen molar-refractivity contribution < 1.29 is 9.59 Å². The first-order valence-electron chi connectivity index (χ1n) is 7.35. The molecule has 0 bridgehead atoms. The lowest BCUT2D eigenvalue weighted by molar-refractivity contribution is 0.0973. The number of Topliss-reactive ketones (excluding diaryl/α,β-unsaturated/α-hetero) is 2. The van der Waals surface area contributed by atoms with E-state index in [0.717, 1.165) is 15.8 Å². The average Bonchev–Trinajstić information content (AvgIpc) is 3.04. The summed E-state index contributed by atoms with van der Waals surface area (Å²) in [4.78, 5) is 29.6. The maximum Gasteiger partial charge on any atom is 0.190 e. The number of hydrogen-bond acceptors (Lipinski definition) is 4. The van der Waals surface area contributed by atoms with Crippen molar-refractivity contribution in [2.45, 2.75) is 13.3 Å². The number of fused-ring (bicyclic) bond motifs is 2. The van der Waals surface area contributed by atoms with Crippen molar-refractivity contribution in [3.8, 4) is 0 Å². The molecule has 4 rings (SSSR count). The van der Waals surface area contributed by atoms with Gasteiger partial charge in [0.2, 0.25) is 0 Å². The molecule has 0 atom stereocenters. The topological polar surface area (TPSA) is 47.0 Å². The van der Waals surface area contributed by atoms with Crippen molar-refractivity contribution in [1.29, 1.82) is 0 Å². The Morgan fingerprint density at radius 2 is 1.74 bits per heavy atom. The molecule has 1 heterocycles. The summed E-state index contributed by atoms with van der Waals surface area (Å²) >= 11 is 1.59. The molecule has 0 N–H and O–H groups in total. The third kappa shape index (κ3) is 2.23. The molecule has 0 radical (unpaired) electrons. The summed E-state index contributed by atoms with van der Waals surface area (Å²) in [6, 6.07) is 13.0. The van der Waals surface area contributed by atoms with Crippen LogP contribution in [-0.4, -0.2) is 16.6 Å². The average molecular weight is 319 g/mol. The SMILES string of the molecule is CC1=C(Cc2ccc3scnc3c2)C(=O)c2ccccc2C1=O. The van der Waals surface area contributed by atoms with Crippen molar-refractivity contribution in [3.63, 3.8) is 0 Å². The van der Waals surface area contributed by atoms with E-state index in [9.17, 15) is 9.59 Å². The minimum Gasteiger partial charge on any atom is -0.289 e. The highest BCUT2D eigenvalue weighted by Crippen LogP contribution is 2.29. The molecule has 4 heteroatoms. The summed E-state index contributed by atoms with van der Waals surface area (Å²) in [5.74, 6) is -0.0963. The van der Waals surface area contributed by atoms with Gasteiger partial charge in [0.05, 0.1) is 15.7 Å². The molecule has 1 aliphatic carbocycles. The molecule has 0 spiro atoms.